The smallest absolute Gasteiger partial charge is 0.240 e. The molecule has 0 spiro atoms. The van der Waals surface area contributed by atoms with Crippen molar-refractivity contribution in [3.63, 3.8) is 0 Å². The minimum Gasteiger partial charge on any atom is -0.355 e. The number of carbonyl (C=O) groups excluding carboxylic acids is 2. The summed E-state index contributed by atoms with van der Waals surface area (Å²) in [5.74, 6) is -0.0831. The number of aromatic nitrogens is 1. The fourth-order valence-electron chi connectivity index (χ4n) is 2.24. The third kappa shape index (κ3) is 6.04. The van der Waals surface area contributed by atoms with E-state index in [0.717, 1.165) is 17.5 Å². The molecule has 0 saturated heterocycles. The number of rotatable bonds is 8. The number of nitrogens with one attached hydrogen (secondary N) is 2. The van der Waals surface area contributed by atoms with Crippen LogP contribution in [0.25, 0.3) is 11.3 Å². The molecule has 0 unspecified atom stereocenters. The zero-order chi connectivity index (χ0) is 18.2. The first kappa shape index (κ1) is 18.7. The fraction of sp³-hybridized carbons (Fsp3) is 0.389. The molecule has 2 amide bonds. The van der Waals surface area contributed by atoms with Crippen molar-refractivity contribution < 1.29 is 14.1 Å². The number of benzene rings is 1. The van der Waals surface area contributed by atoms with Gasteiger partial charge in [0.25, 0.3) is 0 Å². The maximum absolute atomic E-state index is 12.0. The zero-order valence-electron chi connectivity index (χ0n) is 14.8. The van der Waals surface area contributed by atoms with Gasteiger partial charge in [0.05, 0.1) is 13.1 Å². The third-order valence-corrected chi connectivity index (χ3v) is 3.52. The third-order valence-electron chi connectivity index (χ3n) is 3.52. The van der Waals surface area contributed by atoms with Gasteiger partial charge in [0.2, 0.25) is 17.7 Å². The Bertz CT molecular complexity index is 709. The van der Waals surface area contributed by atoms with E-state index < -0.39 is 0 Å². The van der Waals surface area contributed by atoms with Gasteiger partial charge in [-0.1, -0.05) is 41.9 Å². The lowest BCUT2D eigenvalue weighted by Gasteiger charge is -2.15. The predicted octanol–water partition coefficient (Wildman–Crippen LogP) is 2.05. The standard InChI is InChI=1S/C18H24N4O3/c1-4-9-19-16(23)11-22(3)12-17(24)20-18-10-15(21-25-18)14-7-5-13(2)6-8-14/h5-8,10H,4,9,11-12H2,1-3H3,(H,19,23)(H,20,24). The molecule has 1 heterocycles. The highest BCUT2D eigenvalue weighted by atomic mass is 16.5. The monoisotopic (exact) mass is 344 g/mol. The lowest BCUT2D eigenvalue weighted by molar-refractivity contribution is -0.122. The lowest BCUT2D eigenvalue weighted by Crippen LogP contribution is -2.39. The highest BCUT2D eigenvalue weighted by Crippen LogP contribution is 2.21. The van der Waals surface area contributed by atoms with E-state index in [4.69, 9.17) is 4.52 Å². The van der Waals surface area contributed by atoms with Gasteiger partial charge in [-0.05, 0) is 20.4 Å². The molecule has 1 aromatic carbocycles. The molecule has 2 aromatic rings. The Hall–Kier alpha value is -2.67. The van der Waals surface area contributed by atoms with E-state index in [0.29, 0.717) is 12.2 Å². The molecule has 25 heavy (non-hydrogen) atoms. The molecule has 2 N–H and O–H groups in total. The highest BCUT2D eigenvalue weighted by Gasteiger charge is 2.13. The van der Waals surface area contributed by atoms with Crippen molar-refractivity contribution in [2.24, 2.45) is 0 Å². The van der Waals surface area contributed by atoms with E-state index in [-0.39, 0.29) is 30.8 Å². The molecular formula is C18H24N4O3. The Morgan fingerprint density at radius 2 is 1.84 bits per heavy atom. The van der Waals surface area contributed by atoms with Gasteiger partial charge in [-0.25, -0.2) is 0 Å². The van der Waals surface area contributed by atoms with Crippen LogP contribution in [0.4, 0.5) is 5.88 Å². The normalized spacial score (nSPS) is 10.7. The van der Waals surface area contributed by atoms with Crippen LogP contribution in [-0.4, -0.2) is 48.6 Å². The summed E-state index contributed by atoms with van der Waals surface area (Å²) in [5, 5.41) is 9.38. The van der Waals surface area contributed by atoms with Crippen molar-refractivity contribution in [3.8, 4) is 11.3 Å². The van der Waals surface area contributed by atoms with Gasteiger partial charge < -0.3 is 9.84 Å². The highest BCUT2D eigenvalue weighted by molar-refractivity contribution is 5.91. The lowest BCUT2D eigenvalue weighted by atomic mass is 10.1. The minimum absolute atomic E-state index is 0.0834. The summed E-state index contributed by atoms with van der Waals surface area (Å²) in [5.41, 5.74) is 2.73. The molecule has 0 aliphatic heterocycles. The van der Waals surface area contributed by atoms with Crippen LogP contribution in [0.2, 0.25) is 0 Å². The van der Waals surface area contributed by atoms with Crippen molar-refractivity contribution in [3.05, 3.63) is 35.9 Å². The van der Waals surface area contributed by atoms with Crippen LogP contribution in [0.15, 0.2) is 34.9 Å². The summed E-state index contributed by atoms with van der Waals surface area (Å²) in [6.07, 6.45) is 0.880. The molecular weight excluding hydrogens is 320 g/mol. The van der Waals surface area contributed by atoms with Gasteiger partial charge in [0, 0.05) is 18.2 Å². The van der Waals surface area contributed by atoms with Gasteiger partial charge in [-0.15, -0.1) is 0 Å². The van der Waals surface area contributed by atoms with Crippen molar-refractivity contribution in [1.29, 1.82) is 0 Å². The van der Waals surface area contributed by atoms with E-state index in [1.165, 1.54) is 0 Å². The molecule has 7 heteroatoms. The zero-order valence-corrected chi connectivity index (χ0v) is 14.8. The predicted molar refractivity (Wildman–Crippen MR) is 96.1 cm³/mol. The van der Waals surface area contributed by atoms with Crippen LogP contribution in [-0.2, 0) is 9.59 Å². The molecule has 7 nitrogen and oxygen atoms in total. The molecule has 1 aromatic heterocycles. The maximum atomic E-state index is 12.0. The van der Waals surface area contributed by atoms with E-state index in [1.807, 2.05) is 38.1 Å². The van der Waals surface area contributed by atoms with E-state index in [9.17, 15) is 9.59 Å². The molecule has 0 bridgehead atoms. The molecule has 0 radical (unpaired) electrons. The van der Waals surface area contributed by atoms with Gasteiger partial charge in [0.15, 0.2) is 0 Å². The average molecular weight is 344 g/mol. The van der Waals surface area contributed by atoms with Crippen LogP contribution in [0.5, 0.6) is 0 Å². The second kappa shape index (κ2) is 8.98. The average Bonchev–Trinajstić information content (AvgIpc) is 3.01. The van der Waals surface area contributed by atoms with E-state index >= 15 is 0 Å². The Morgan fingerprint density at radius 3 is 2.52 bits per heavy atom. The minimum atomic E-state index is -0.266. The van der Waals surface area contributed by atoms with Gasteiger partial charge in [0.1, 0.15) is 5.69 Å². The van der Waals surface area contributed by atoms with Crippen LogP contribution >= 0.6 is 0 Å². The first-order chi connectivity index (χ1) is 12.0. The van der Waals surface area contributed by atoms with Gasteiger partial charge in [-0.2, -0.15) is 0 Å². The second-order valence-corrected chi connectivity index (χ2v) is 6.01. The van der Waals surface area contributed by atoms with Crippen LogP contribution < -0.4 is 10.6 Å². The molecule has 0 aliphatic rings. The number of amides is 2. The van der Waals surface area contributed by atoms with E-state index in [1.54, 1.807) is 18.0 Å². The number of nitrogens with zero attached hydrogens (tertiary/aromatic N) is 2. The SMILES string of the molecule is CCCNC(=O)CN(C)CC(=O)Nc1cc(-c2ccc(C)cc2)no1. The molecule has 0 fully saturated rings. The van der Waals surface area contributed by atoms with Crippen LogP contribution in [0.3, 0.4) is 0 Å². The fourth-order valence-corrected chi connectivity index (χ4v) is 2.24. The van der Waals surface area contributed by atoms with Crippen molar-refractivity contribution >= 4 is 17.7 Å². The second-order valence-electron chi connectivity index (χ2n) is 6.01. The Morgan fingerprint density at radius 1 is 1.16 bits per heavy atom. The topological polar surface area (TPSA) is 87.5 Å². The van der Waals surface area contributed by atoms with Gasteiger partial charge >= 0.3 is 0 Å². The number of hydrogen-bond acceptors (Lipinski definition) is 5. The molecule has 0 atom stereocenters. The maximum Gasteiger partial charge on any atom is 0.240 e. The summed E-state index contributed by atoms with van der Waals surface area (Å²) < 4.78 is 5.16. The molecule has 0 saturated carbocycles. The molecule has 2 rings (SSSR count). The quantitative estimate of drug-likeness (QED) is 0.765. The summed E-state index contributed by atoms with van der Waals surface area (Å²) in [6, 6.07) is 9.54. The molecule has 0 aliphatic carbocycles. The first-order valence-corrected chi connectivity index (χ1v) is 8.26. The Kier molecular flexibility index (Phi) is 6.71. The number of aryl methyl sites for hydroxylation is 1. The Balaban J connectivity index is 1.84. The Labute approximate surface area is 147 Å². The number of hydrogen-bond donors (Lipinski definition) is 2. The van der Waals surface area contributed by atoms with Crippen LogP contribution in [0.1, 0.15) is 18.9 Å². The van der Waals surface area contributed by atoms with Crippen molar-refractivity contribution in [2.75, 3.05) is 32.0 Å². The summed E-state index contributed by atoms with van der Waals surface area (Å²) in [6.45, 7) is 4.88. The van der Waals surface area contributed by atoms with Crippen molar-refractivity contribution in [1.82, 2.24) is 15.4 Å². The summed E-state index contributed by atoms with van der Waals surface area (Å²) in [7, 11) is 1.71. The molecule has 134 valence electrons. The summed E-state index contributed by atoms with van der Waals surface area (Å²) in [4.78, 5) is 25.3. The number of anilines is 1. The number of likely N-dealkylation sites (N-methyl/N-ethyl adjacent to an activating group) is 1. The van der Waals surface area contributed by atoms with E-state index in [2.05, 4.69) is 15.8 Å². The van der Waals surface area contributed by atoms with Crippen LogP contribution in [0, 0.1) is 6.92 Å². The van der Waals surface area contributed by atoms with Gasteiger partial charge in [-0.3, -0.25) is 19.8 Å². The summed E-state index contributed by atoms with van der Waals surface area (Å²) >= 11 is 0. The number of carbonyl (C=O) groups is 2. The first-order valence-electron chi connectivity index (χ1n) is 8.26. The van der Waals surface area contributed by atoms with Crippen molar-refractivity contribution in [2.45, 2.75) is 20.3 Å². The largest absolute Gasteiger partial charge is 0.355 e.